The molecule has 2 amide bonds. The molecule has 120 valence electrons. The van der Waals surface area contributed by atoms with E-state index in [1.165, 1.54) is 12.1 Å². The maximum absolute atomic E-state index is 13.5. The molecule has 0 unspecified atom stereocenters. The molecule has 2 fully saturated rings. The van der Waals surface area contributed by atoms with Crippen molar-refractivity contribution in [2.24, 2.45) is 0 Å². The van der Waals surface area contributed by atoms with Crippen molar-refractivity contribution in [1.29, 1.82) is 0 Å². The van der Waals surface area contributed by atoms with E-state index in [2.05, 4.69) is 5.32 Å². The van der Waals surface area contributed by atoms with E-state index in [1.807, 2.05) is 12.1 Å². The van der Waals surface area contributed by atoms with Gasteiger partial charge in [0.25, 0.3) is 0 Å². The highest BCUT2D eigenvalue weighted by Crippen LogP contribution is 2.33. The standard InChI is InChI=1S/C15H20F2N4O/c1-19-5-2-14(11-8-12(16)10-13(17)9-11)21(19)15(22)20-6-3-18-4-7-20/h8-10,14,18H,2-7H2,1H3/t14-/m0/s1. The summed E-state index contributed by atoms with van der Waals surface area (Å²) in [6, 6.07) is 3.05. The van der Waals surface area contributed by atoms with Gasteiger partial charge in [0.15, 0.2) is 0 Å². The monoisotopic (exact) mass is 310 g/mol. The highest BCUT2D eigenvalue weighted by atomic mass is 19.1. The zero-order valence-electron chi connectivity index (χ0n) is 12.6. The minimum atomic E-state index is -0.612. The summed E-state index contributed by atoms with van der Waals surface area (Å²) in [4.78, 5) is 14.5. The summed E-state index contributed by atoms with van der Waals surface area (Å²) >= 11 is 0. The lowest BCUT2D eigenvalue weighted by atomic mass is 10.0. The Labute approximate surface area is 128 Å². The smallest absolute Gasteiger partial charge is 0.321 e. The largest absolute Gasteiger partial charge is 0.335 e. The molecule has 0 aromatic heterocycles. The Bertz CT molecular complexity index is 542. The number of hydrogen-bond acceptors (Lipinski definition) is 3. The van der Waals surface area contributed by atoms with Crippen molar-refractivity contribution < 1.29 is 13.6 Å². The van der Waals surface area contributed by atoms with Crippen LogP contribution in [0.4, 0.5) is 13.6 Å². The van der Waals surface area contributed by atoms with Crippen LogP contribution >= 0.6 is 0 Å². The molecule has 3 rings (SSSR count). The van der Waals surface area contributed by atoms with Crippen molar-refractivity contribution in [3.05, 3.63) is 35.4 Å². The summed E-state index contributed by atoms with van der Waals surface area (Å²) in [6.45, 7) is 3.51. The topological polar surface area (TPSA) is 38.8 Å². The molecule has 0 aliphatic carbocycles. The third kappa shape index (κ3) is 2.91. The summed E-state index contributed by atoms with van der Waals surface area (Å²) in [5.41, 5.74) is 0.505. The number of nitrogens with one attached hydrogen (secondary N) is 1. The van der Waals surface area contributed by atoms with E-state index < -0.39 is 11.6 Å². The van der Waals surface area contributed by atoms with Crippen LogP contribution in [0.5, 0.6) is 0 Å². The SMILES string of the molecule is CN1CC[C@@H](c2cc(F)cc(F)c2)N1C(=O)N1CCNCC1. The Morgan fingerprint density at radius 2 is 1.77 bits per heavy atom. The maximum Gasteiger partial charge on any atom is 0.335 e. The van der Waals surface area contributed by atoms with E-state index in [1.54, 1.807) is 9.91 Å². The first-order valence-electron chi connectivity index (χ1n) is 7.52. The van der Waals surface area contributed by atoms with Gasteiger partial charge in [-0.05, 0) is 24.1 Å². The molecule has 1 N–H and O–H groups in total. The fourth-order valence-corrected chi connectivity index (χ4v) is 3.13. The van der Waals surface area contributed by atoms with Crippen molar-refractivity contribution in [1.82, 2.24) is 20.2 Å². The molecule has 1 atom stereocenters. The molecule has 2 aliphatic heterocycles. The van der Waals surface area contributed by atoms with Crippen LogP contribution in [-0.2, 0) is 0 Å². The first-order chi connectivity index (χ1) is 10.6. The number of carbonyl (C=O) groups is 1. The number of halogens is 2. The van der Waals surface area contributed by atoms with Gasteiger partial charge in [0.1, 0.15) is 11.6 Å². The third-order valence-corrected chi connectivity index (χ3v) is 4.24. The van der Waals surface area contributed by atoms with Crippen LogP contribution in [0.25, 0.3) is 0 Å². The van der Waals surface area contributed by atoms with E-state index in [0.29, 0.717) is 31.6 Å². The molecule has 7 heteroatoms. The van der Waals surface area contributed by atoms with E-state index in [-0.39, 0.29) is 12.1 Å². The zero-order chi connectivity index (χ0) is 15.7. The van der Waals surface area contributed by atoms with Crippen LogP contribution in [0, 0.1) is 11.6 Å². The van der Waals surface area contributed by atoms with Crippen molar-refractivity contribution in [2.45, 2.75) is 12.5 Å². The normalized spacial score (nSPS) is 23.1. The fourth-order valence-electron chi connectivity index (χ4n) is 3.13. The molecule has 0 spiro atoms. The summed E-state index contributed by atoms with van der Waals surface area (Å²) in [6.07, 6.45) is 0.664. The number of hydrogen-bond donors (Lipinski definition) is 1. The molecule has 5 nitrogen and oxygen atoms in total. The lowest BCUT2D eigenvalue weighted by Crippen LogP contribution is -2.54. The van der Waals surface area contributed by atoms with Gasteiger partial charge in [-0.1, -0.05) is 0 Å². The predicted molar refractivity (Wildman–Crippen MR) is 78.0 cm³/mol. The van der Waals surface area contributed by atoms with E-state index >= 15 is 0 Å². The molecule has 2 aliphatic rings. The predicted octanol–water partition coefficient (Wildman–Crippen LogP) is 1.58. The molecule has 2 heterocycles. The van der Waals surface area contributed by atoms with Gasteiger partial charge in [-0.2, -0.15) is 0 Å². The Kier molecular flexibility index (Phi) is 4.26. The molecular weight excluding hydrogens is 290 g/mol. The first-order valence-corrected chi connectivity index (χ1v) is 7.52. The Morgan fingerprint density at radius 3 is 2.41 bits per heavy atom. The molecule has 0 bridgehead atoms. The van der Waals surface area contributed by atoms with Crippen LogP contribution < -0.4 is 5.32 Å². The molecule has 2 saturated heterocycles. The number of rotatable bonds is 1. The molecule has 1 aromatic carbocycles. The fraction of sp³-hybridized carbons (Fsp3) is 0.533. The summed E-state index contributed by atoms with van der Waals surface area (Å²) in [5, 5.41) is 6.66. The van der Waals surface area contributed by atoms with Crippen LogP contribution in [0.1, 0.15) is 18.0 Å². The van der Waals surface area contributed by atoms with Crippen molar-refractivity contribution in [3.8, 4) is 0 Å². The van der Waals surface area contributed by atoms with Gasteiger partial charge >= 0.3 is 6.03 Å². The van der Waals surface area contributed by atoms with Crippen molar-refractivity contribution >= 4 is 6.03 Å². The second-order valence-electron chi connectivity index (χ2n) is 5.75. The van der Waals surface area contributed by atoms with Gasteiger partial charge < -0.3 is 10.2 Å². The van der Waals surface area contributed by atoms with Gasteiger partial charge in [0, 0.05) is 45.8 Å². The Balaban J connectivity index is 1.85. The minimum Gasteiger partial charge on any atom is -0.321 e. The summed E-state index contributed by atoms with van der Waals surface area (Å²) in [7, 11) is 1.83. The Morgan fingerprint density at radius 1 is 1.14 bits per heavy atom. The highest BCUT2D eigenvalue weighted by Gasteiger charge is 2.37. The van der Waals surface area contributed by atoms with E-state index in [0.717, 1.165) is 19.2 Å². The number of amides is 2. The number of hydrazine groups is 1. The minimum absolute atomic E-state index is 0.101. The van der Waals surface area contributed by atoms with Gasteiger partial charge in [-0.15, -0.1) is 0 Å². The van der Waals surface area contributed by atoms with E-state index in [9.17, 15) is 13.6 Å². The van der Waals surface area contributed by atoms with Crippen molar-refractivity contribution in [3.63, 3.8) is 0 Å². The number of benzene rings is 1. The number of piperazine rings is 1. The second-order valence-corrected chi connectivity index (χ2v) is 5.75. The average molecular weight is 310 g/mol. The van der Waals surface area contributed by atoms with Crippen LogP contribution in [0.15, 0.2) is 18.2 Å². The van der Waals surface area contributed by atoms with Gasteiger partial charge in [-0.25, -0.2) is 23.6 Å². The summed E-state index contributed by atoms with van der Waals surface area (Å²) in [5.74, 6) is -1.22. The average Bonchev–Trinajstić information content (AvgIpc) is 2.88. The van der Waals surface area contributed by atoms with E-state index in [4.69, 9.17) is 0 Å². The molecular formula is C15H20F2N4O. The molecule has 0 saturated carbocycles. The zero-order valence-corrected chi connectivity index (χ0v) is 12.6. The number of carbonyl (C=O) groups excluding carboxylic acids is 1. The van der Waals surface area contributed by atoms with Crippen molar-refractivity contribution in [2.75, 3.05) is 39.8 Å². The highest BCUT2D eigenvalue weighted by molar-refractivity contribution is 5.75. The Hall–Kier alpha value is -1.73. The van der Waals surface area contributed by atoms with Crippen LogP contribution in [-0.4, -0.2) is 60.7 Å². The number of nitrogens with zero attached hydrogens (tertiary/aromatic N) is 3. The maximum atomic E-state index is 13.5. The van der Waals surface area contributed by atoms with Gasteiger partial charge in [0.05, 0.1) is 6.04 Å². The molecule has 1 aromatic rings. The lowest BCUT2D eigenvalue weighted by Gasteiger charge is -2.37. The quantitative estimate of drug-likeness (QED) is 0.856. The van der Waals surface area contributed by atoms with Crippen LogP contribution in [0.2, 0.25) is 0 Å². The van der Waals surface area contributed by atoms with Gasteiger partial charge in [0.2, 0.25) is 0 Å². The molecule has 0 radical (unpaired) electrons. The number of urea groups is 1. The second kappa shape index (κ2) is 6.18. The molecule has 22 heavy (non-hydrogen) atoms. The van der Waals surface area contributed by atoms with Crippen LogP contribution in [0.3, 0.4) is 0 Å². The summed E-state index contributed by atoms with van der Waals surface area (Å²) < 4.78 is 27.0. The third-order valence-electron chi connectivity index (χ3n) is 4.24. The first kappa shape index (κ1) is 15.2. The lowest BCUT2D eigenvalue weighted by molar-refractivity contribution is 0.0349. The van der Waals surface area contributed by atoms with Gasteiger partial charge in [-0.3, -0.25) is 0 Å².